The van der Waals surface area contributed by atoms with E-state index in [1.165, 1.54) is 0 Å². The van der Waals surface area contributed by atoms with Crippen molar-refractivity contribution in [2.24, 2.45) is 0 Å². The minimum absolute atomic E-state index is 0.439. The molecule has 1 aliphatic heterocycles. The van der Waals surface area contributed by atoms with Crippen molar-refractivity contribution >= 4 is 5.95 Å². The van der Waals surface area contributed by atoms with Gasteiger partial charge in [0.1, 0.15) is 5.60 Å². The number of hydrogen-bond acceptors (Lipinski definition) is 6. The van der Waals surface area contributed by atoms with Crippen LogP contribution in [0.4, 0.5) is 5.95 Å². The Hall–Kier alpha value is -2.02. The van der Waals surface area contributed by atoms with E-state index < -0.39 is 5.60 Å². The Morgan fingerprint density at radius 3 is 2.70 bits per heavy atom. The minimum Gasteiger partial charge on any atom is -0.386 e. The van der Waals surface area contributed by atoms with Gasteiger partial charge in [-0.3, -0.25) is 0 Å². The first kappa shape index (κ1) is 13.0. The molecular formula is C13H18N6O. The van der Waals surface area contributed by atoms with Crippen molar-refractivity contribution in [3.8, 4) is 0 Å². The second kappa shape index (κ2) is 4.82. The van der Waals surface area contributed by atoms with E-state index in [2.05, 4.69) is 20.3 Å². The van der Waals surface area contributed by atoms with Gasteiger partial charge in [0.2, 0.25) is 5.95 Å². The molecule has 3 heterocycles. The molecule has 0 radical (unpaired) electrons. The quantitative estimate of drug-likeness (QED) is 0.868. The molecule has 1 N–H and O–H groups in total. The van der Waals surface area contributed by atoms with E-state index in [-0.39, 0.29) is 0 Å². The number of nitrogens with zero attached hydrogens (tertiary/aromatic N) is 6. The molecule has 2 aromatic heterocycles. The first-order chi connectivity index (χ1) is 9.54. The van der Waals surface area contributed by atoms with Crippen LogP contribution < -0.4 is 4.90 Å². The van der Waals surface area contributed by atoms with Crippen molar-refractivity contribution in [2.45, 2.75) is 32.4 Å². The number of aromatic nitrogens is 5. The molecule has 1 fully saturated rings. The molecular weight excluding hydrogens is 256 g/mol. The van der Waals surface area contributed by atoms with Crippen molar-refractivity contribution in [2.75, 3.05) is 18.0 Å². The van der Waals surface area contributed by atoms with E-state index in [4.69, 9.17) is 0 Å². The Kier molecular flexibility index (Phi) is 3.13. The van der Waals surface area contributed by atoms with Crippen molar-refractivity contribution < 1.29 is 5.11 Å². The Morgan fingerprint density at radius 2 is 2.05 bits per heavy atom. The van der Waals surface area contributed by atoms with Crippen LogP contribution in [-0.2, 0) is 6.54 Å². The highest BCUT2D eigenvalue weighted by molar-refractivity contribution is 5.35. The largest absolute Gasteiger partial charge is 0.386 e. The zero-order chi connectivity index (χ0) is 14.2. The zero-order valence-electron chi connectivity index (χ0n) is 11.7. The molecule has 1 aliphatic rings. The summed E-state index contributed by atoms with van der Waals surface area (Å²) in [4.78, 5) is 10.9. The van der Waals surface area contributed by atoms with E-state index in [0.717, 1.165) is 17.9 Å². The predicted octanol–water partition coefficient (Wildman–Crippen LogP) is 0.326. The van der Waals surface area contributed by atoms with E-state index in [9.17, 15) is 5.11 Å². The molecule has 0 aliphatic carbocycles. The van der Waals surface area contributed by atoms with Crippen molar-refractivity contribution in [3.63, 3.8) is 0 Å². The standard InChI is InChI=1S/C13H18N6O/c1-10-7-11(2)16-12(15-10)18-5-3-13(20,8-18)9-19-6-4-14-17-19/h4,6-7,20H,3,5,8-9H2,1-2H3. The summed E-state index contributed by atoms with van der Waals surface area (Å²) >= 11 is 0. The van der Waals surface area contributed by atoms with E-state index in [0.29, 0.717) is 25.5 Å². The maximum Gasteiger partial charge on any atom is 0.225 e. The SMILES string of the molecule is Cc1cc(C)nc(N2CCC(O)(Cn3ccnn3)C2)n1. The Balaban J connectivity index is 1.75. The summed E-state index contributed by atoms with van der Waals surface area (Å²) in [5, 5.41) is 18.3. The van der Waals surface area contributed by atoms with E-state index in [1.54, 1.807) is 17.1 Å². The third-order valence-electron chi connectivity index (χ3n) is 3.51. The van der Waals surface area contributed by atoms with Crippen LogP contribution in [0.15, 0.2) is 18.5 Å². The summed E-state index contributed by atoms with van der Waals surface area (Å²) in [5.74, 6) is 0.692. The van der Waals surface area contributed by atoms with Gasteiger partial charge in [0.25, 0.3) is 0 Å². The smallest absolute Gasteiger partial charge is 0.225 e. The fourth-order valence-corrected chi connectivity index (χ4v) is 2.62. The second-order valence-electron chi connectivity index (χ2n) is 5.45. The van der Waals surface area contributed by atoms with Gasteiger partial charge in [-0.05, 0) is 26.3 Å². The van der Waals surface area contributed by atoms with Gasteiger partial charge in [-0.25, -0.2) is 14.6 Å². The third kappa shape index (κ3) is 2.62. The van der Waals surface area contributed by atoms with Gasteiger partial charge in [0.05, 0.1) is 19.3 Å². The number of aliphatic hydroxyl groups is 1. The summed E-state index contributed by atoms with van der Waals surface area (Å²) in [7, 11) is 0. The predicted molar refractivity (Wildman–Crippen MR) is 73.3 cm³/mol. The van der Waals surface area contributed by atoms with Crippen LogP contribution in [0.3, 0.4) is 0 Å². The molecule has 0 aromatic carbocycles. The number of β-amino-alcohol motifs (C(OH)–C–C–N with tert-alkyl or cyclic N) is 1. The van der Waals surface area contributed by atoms with Crippen LogP contribution in [-0.4, -0.2) is 48.8 Å². The molecule has 0 saturated carbocycles. The molecule has 0 spiro atoms. The molecule has 1 atom stereocenters. The van der Waals surface area contributed by atoms with E-state index in [1.807, 2.05) is 24.8 Å². The monoisotopic (exact) mass is 274 g/mol. The molecule has 7 nitrogen and oxygen atoms in total. The van der Waals surface area contributed by atoms with Gasteiger partial charge in [-0.2, -0.15) is 0 Å². The average Bonchev–Trinajstić information content (AvgIpc) is 2.98. The van der Waals surface area contributed by atoms with Gasteiger partial charge < -0.3 is 10.0 Å². The van der Waals surface area contributed by atoms with Gasteiger partial charge in [0.15, 0.2) is 0 Å². The first-order valence-corrected chi connectivity index (χ1v) is 6.68. The topological polar surface area (TPSA) is 80.0 Å². The van der Waals surface area contributed by atoms with Gasteiger partial charge >= 0.3 is 0 Å². The van der Waals surface area contributed by atoms with Crippen LogP contribution in [0.1, 0.15) is 17.8 Å². The molecule has 0 amide bonds. The summed E-state index contributed by atoms with van der Waals surface area (Å²) in [5.41, 5.74) is 1.08. The third-order valence-corrected chi connectivity index (χ3v) is 3.51. The van der Waals surface area contributed by atoms with Crippen molar-refractivity contribution in [3.05, 3.63) is 29.8 Å². The van der Waals surface area contributed by atoms with Gasteiger partial charge in [-0.15, -0.1) is 5.10 Å². The lowest BCUT2D eigenvalue weighted by Crippen LogP contribution is -2.38. The van der Waals surface area contributed by atoms with Gasteiger partial charge in [-0.1, -0.05) is 5.21 Å². The Bertz CT molecular complexity index is 579. The summed E-state index contributed by atoms with van der Waals surface area (Å²) in [6.45, 7) is 5.60. The first-order valence-electron chi connectivity index (χ1n) is 6.68. The Labute approximate surface area is 117 Å². The van der Waals surface area contributed by atoms with Crippen LogP contribution >= 0.6 is 0 Å². The minimum atomic E-state index is -0.811. The summed E-state index contributed by atoms with van der Waals surface area (Å²) in [6.07, 6.45) is 4.04. The Morgan fingerprint density at radius 1 is 1.30 bits per heavy atom. The van der Waals surface area contributed by atoms with Crippen molar-refractivity contribution in [1.82, 2.24) is 25.0 Å². The maximum absolute atomic E-state index is 10.6. The van der Waals surface area contributed by atoms with Crippen LogP contribution in [0.25, 0.3) is 0 Å². The highest BCUT2D eigenvalue weighted by Crippen LogP contribution is 2.26. The van der Waals surface area contributed by atoms with Crippen molar-refractivity contribution in [1.29, 1.82) is 0 Å². The average molecular weight is 274 g/mol. The normalized spacial score (nSPS) is 22.4. The molecule has 2 aromatic rings. The molecule has 20 heavy (non-hydrogen) atoms. The van der Waals surface area contributed by atoms with Crippen LogP contribution in [0.5, 0.6) is 0 Å². The molecule has 106 valence electrons. The highest BCUT2D eigenvalue weighted by Gasteiger charge is 2.37. The lowest BCUT2D eigenvalue weighted by atomic mass is 10.0. The molecule has 3 rings (SSSR count). The summed E-state index contributed by atoms with van der Waals surface area (Å²) in [6, 6.07) is 1.95. The highest BCUT2D eigenvalue weighted by atomic mass is 16.3. The van der Waals surface area contributed by atoms with Gasteiger partial charge in [0, 0.05) is 24.1 Å². The van der Waals surface area contributed by atoms with E-state index >= 15 is 0 Å². The zero-order valence-corrected chi connectivity index (χ0v) is 11.7. The van der Waals surface area contributed by atoms with Crippen LogP contribution in [0, 0.1) is 13.8 Å². The lowest BCUT2D eigenvalue weighted by molar-refractivity contribution is 0.0408. The number of anilines is 1. The fourth-order valence-electron chi connectivity index (χ4n) is 2.62. The molecule has 7 heteroatoms. The molecule has 1 saturated heterocycles. The van der Waals surface area contributed by atoms with Crippen LogP contribution in [0.2, 0.25) is 0 Å². The molecule has 1 unspecified atom stereocenters. The number of rotatable bonds is 3. The fraction of sp³-hybridized carbons (Fsp3) is 0.538. The number of aryl methyl sites for hydroxylation is 2. The number of hydrogen-bond donors (Lipinski definition) is 1. The second-order valence-corrected chi connectivity index (χ2v) is 5.45. The molecule has 0 bridgehead atoms. The lowest BCUT2D eigenvalue weighted by Gasteiger charge is -2.23. The maximum atomic E-state index is 10.6. The summed E-state index contributed by atoms with van der Waals surface area (Å²) < 4.78 is 1.66.